The highest BCUT2D eigenvalue weighted by atomic mass is 32.2. The van der Waals surface area contributed by atoms with E-state index in [1.165, 1.54) is 6.92 Å². The molecule has 6 nitrogen and oxygen atoms in total. The van der Waals surface area contributed by atoms with E-state index in [0.717, 1.165) is 49.4 Å². The van der Waals surface area contributed by atoms with Gasteiger partial charge in [0.25, 0.3) is 0 Å². The Morgan fingerprint density at radius 3 is 2.61 bits per heavy atom. The van der Waals surface area contributed by atoms with Gasteiger partial charge in [0.1, 0.15) is 5.60 Å². The predicted molar refractivity (Wildman–Crippen MR) is 130 cm³/mol. The van der Waals surface area contributed by atoms with Crippen LogP contribution in [0.1, 0.15) is 64.4 Å². The lowest BCUT2D eigenvalue weighted by molar-refractivity contribution is -0.148. The molecular weight excluding hydrogens is 438 g/mol. The van der Waals surface area contributed by atoms with Gasteiger partial charge < -0.3 is 20.6 Å². The number of nitrogens with one attached hydrogen (secondary N) is 1. The van der Waals surface area contributed by atoms with Gasteiger partial charge in [-0.2, -0.15) is 0 Å². The van der Waals surface area contributed by atoms with Crippen molar-refractivity contribution in [2.75, 3.05) is 0 Å². The third kappa shape index (κ3) is 5.21. The lowest BCUT2D eigenvalue weighted by Gasteiger charge is -2.45. The normalized spacial score (nSPS) is 31.2. The molecule has 33 heavy (non-hydrogen) atoms. The molecule has 0 radical (unpaired) electrons. The van der Waals surface area contributed by atoms with E-state index in [4.69, 9.17) is 0 Å². The minimum Gasteiger partial charge on any atom is -0.392 e. The van der Waals surface area contributed by atoms with Gasteiger partial charge in [-0.05, 0) is 38.2 Å². The van der Waals surface area contributed by atoms with Crippen molar-refractivity contribution in [1.29, 1.82) is 0 Å². The lowest BCUT2D eigenvalue weighted by atomic mass is 9.68. The van der Waals surface area contributed by atoms with Crippen LogP contribution in [0.2, 0.25) is 0 Å². The van der Waals surface area contributed by atoms with E-state index in [-0.39, 0.29) is 5.92 Å². The molecule has 7 heteroatoms. The van der Waals surface area contributed by atoms with Crippen LogP contribution in [0.5, 0.6) is 0 Å². The van der Waals surface area contributed by atoms with Crippen LogP contribution in [0.4, 0.5) is 0 Å². The van der Waals surface area contributed by atoms with E-state index in [0.29, 0.717) is 18.6 Å². The van der Waals surface area contributed by atoms with E-state index < -0.39 is 40.3 Å². The monoisotopic (exact) mass is 475 g/mol. The van der Waals surface area contributed by atoms with Gasteiger partial charge in [0.15, 0.2) is 5.54 Å². The molecule has 1 aliphatic heterocycles. The zero-order chi connectivity index (χ0) is 24.1. The molecule has 2 aliphatic rings. The van der Waals surface area contributed by atoms with E-state index in [1.807, 2.05) is 49.4 Å². The molecule has 6 unspecified atom stereocenters. The number of rotatable bonds is 10. The second-order valence-electron chi connectivity index (χ2n) is 9.52. The Labute approximate surface area is 200 Å². The van der Waals surface area contributed by atoms with Crippen LogP contribution in [0.25, 0.3) is 0 Å². The van der Waals surface area contributed by atoms with Gasteiger partial charge >= 0.3 is 0 Å². The zero-order valence-electron chi connectivity index (χ0n) is 19.6. The van der Waals surface area contributed by atoms with Crippen molar-refractivity contribution in [3.05, 3.63) is 48.0 Å². The third-order valence-electron chi connectivity index (χ3n) is 7.17. The molecule has 1 amide bonds. The molecule has 182 valence electrons. The molecule has 1 aromatic carbocycles. The van der Waals surface area contributed by atoms with Crippen molar-refractivity contribution in [2.24, 2.45) is 11.8 Å². The molecule has 4 N–H and O–H groups in total. The molecule has 1 aromatic rings. The molecule has 0 aromatic heterocycles. The number of hydrogen-bond acceptors (Lipinski definition) is 6. The molecule has 1 heterocycles. The maximum absolute atomic E-state index is 13.7. The summed E-state index contributed by atoms with van der Waals surface area (Å²) in [6.45, 7) is 3.46. The van der Waals surface area contributed by atoms with E-state index in [1.54, 1.807) is 0 Å². The van der Waals surface area contributed by atoms with Crippen molar-refractivity contribution in [1.82, 2.24) is 5.32 Å². The van der Waals surface area contributed by atoms with Crippen LogP contribution in [-0.2, 0) is 15.3 Å². The highest BCUT2D eigenvalue weighted by Gasteiger charge is 2.70. The van der Waals surface area contributed by atoms with Crippen LogP contribution < -0.4 is 5.32 Å². The summed E-state index contributed by atoms with van der Waals surface area (Å²) in [6, 6.07) is 9.46. The Balaban J connectivity index is 1.93. The predicted octanol–water partition coefficient (Wildman–Crippen LogP) is 3.34. The number of aliphatic hydroxyl groups excluding tert-OH is 2. The van der Waals surface area contributed by atoms with Crippen molar-refractivity contribution >= 4 is 22.8 Å². The first-order valence-electron chi connectivity index (χ1n) is 12.0. The van der Waals surface area contributed by atoms with Gasteiger partial charge in [-0.1, -0.05) is 80.4 Å². The Kier molecular flexibility index (Phi) is 8.78. The lowest BCUT2D eigenvalue weighted by Crippen LogP contribution is -2.70. The summed E-state index contributed by atoms with van der Waals surface area (Å²) in [5.41, 5.74) is -2.94. The topological polar surface area (TPSA) is 107 Å². The summed E-state index contributed by atoms with van der Waals surface area (Å²) < 4.78 is 0. The number of unbranched alkanes of at least 4 members (excludes halogenated alkanes) is 2. The zero-order valence-corrected chi connectivity index (χ0v) is 20.4. The molecule has 0 bridgehead atoms. The van der Waals surface area contributed by atoms with Gasteiger partial charge in [-0.3, -0.25) is 9.59 Å². The molecule has 1 fully saturated rings. The van der Waals surface area contributed by atoms with Gasteiger partial charge in [-0.25, -0.2) is 0 Å². The van der Waals surface area contributed by atoms with Gasteiger partial charge in [0.2, 0.25) is 11.0 Å². The number of allylic oxidation sites excluding steroid dienone is 1. The highest BCUT2D eigenvalue weighted by Crippen LogP contribution is 2.47. The molecule has 0 saturated carbocycles. The van der Waals surface area contributed by atoms with Crippen molar-refractivity contribution < 1.29 is 24.9 Å². The molecule has 1 saturated heterocycles. The minimum absolute atomic E-state index is 0.350. The molecule has 0 spiro atoms. The fourth-order valence-electron chi connectivity index (χ4n) is 5.23. The van der Waals surface area contributed by atoms with Crippen LogP contribution in [0, 0.1) is 11.8 Å². The smallest absolute Gasteiger partial charge is 0.229 e. The summed E-state index contributed by atoms with van der Waals surface area (Å²) in [6.07, 6.45) is 6.78. The largest absolute Gasteiger partial charge is 0.392 e. The third-order valence-corrected chi connectivity index (χ3v) is 8.23. The van der Waals surface area contributed by atoms with Gasteiger partial charge in [0.05, 0.1) is 18.1 Å². The summed E-state index contributed by atoms with van der Waals surface area (Å²) in [4.78, 5) is 26.9. The van der Waals surface area contributed by atoms with Crippen LogP contribution in [0.3, 0.4) is 0 Å². The number of hydrogen-bond donors (Lipinski definition) is 4. The first-order valence-corrected chi connectivity index (χ1v) is 13.0. The Morgan fingerprint density at radius 2 is 1.97 bits per heavy atom. The standard InChI is InChI=1S/C26H37NO5S/c1-3-4-7-16-20(28)21-23(30)27-26(25(21,2)32,22(29)19-14-10-6-11-15-19)24(31)33-17-18-12-8-5-9-13-18/h5,8-10,12-14,19-22,28-29,32H,3-4,6-7,11,15-17H2,1-2H3,(H,27,30). The SMILES string of the molecule is CCCCCC(O)C1C(=O)NC(C(=O)SCc2ccccc2)(C(O)C2C=CCCC2)C1(C)O. The first kappa shape index (κ1) is 25.9. The van der Waals surface area contributed by atoms with Crippen LogP contribution >= 0.6 is 11.8 Å². The average Bonchev–Trinajstić information content (AvgIpc) is 3.03. The number of carbonyl (C=O) groups excluding carboxylic acids is 2. The summed E-state index contributed by atoms with van der Waals surface area (Å²) >= 11 is 0.978. The Hall–Kier alpha value is -1.67. The van der Waals surface area contributed by atoms with Crippen molar-refractivity contribution in [3.63, 3.8) is 0 Å². The Bertz CT molecular complexity index is 842. The quantitative estimate of drug-likeness (QED) is 0.305. The molecule has 3 rings (SSSR count). The summed E-state index contributed by atoms with van der Waals surface area (Å²) in [5, 5.41) is 36.4. The van der Waals surface area contributed by atoms with E-state index >= 15 is 0 Å². The fourth-order valence-corrected chi connectivity index (χ4v) is 6.33. The summed E-state index contributed by atoms with van der Waals surface area (Å²) in [5.74, 6) is -1.80. The number of amides is 1. The minimum atomic E-state index is -1.96. The molecule has 1 aliphatic carbocycles. The first-order chi connectivity index (χ1) is 15.8. The van der Waals surface area contributed by atoms with Crippen molar-refractivity contribution in [2.45, 2.75) is 87.9 Å². The maximum atomic E-state index is 13.7. The average molecular weight is 476 g/mol. The van der Waals surface area contributed by atoms with Crippen molar-refractivity contribution in [3.8, 4) is 0 Å². The van der Waals surface area contributed by atoms with Crippen LogP contribution in [0.15, 0.2) is 42.5 Å². The second-order valence-corrected chi connectivity index (χ2v) is 10.5. The molecular formula is C26H37NO5S. The Morgan fingerprint density at radius 1 is 1.24 bits per heavy atom. The highest BCUT2D eigenvalue weighted by molar-refractivity contribution is 8.13. The summed E-state index contributed by atoms with van der Waals surface area (Å²) in [7, 11) is 0. The molecule has 6 atom stereocenters. The number of thioether (sulfide) groups is 1. The van der Waals surface area contributed by atoms with Gasteiger partial charge in [0, 0.05) is 11.7 Å². The number of aliphatic hydroxyl groups is 3. The number of carbonyl (C=O) groups is 2. The van der Waals surface area contributed by atoms with Crippen LogP contribution in [-0.4, -0.2) is 49.7 Å². The fraction of sp³-hybridized carbons (Fsp3) is 0.615. The maximum Gasteiger partial charge on any atom is 0.229 e. The van der Waals surface area contributed by atoms with Gasteiger partial charge in [-0.15, -0.1) is 0 Å². The van der Waals surface area contributed by atoms with E-state index in [2.05, 4.69) is 5.32 Å². The van der Waals surface area contributed by atoms with E-state index in [9.17, 15) is 24.9 Å². The number of benzene rings is 1. The second kappa shape index (κ2) is 11.2.